The lowest BCUT2D eigenvalue weighted by Crippen LogP contribution is -2.39. The van der Waals surface area contributed by atoms with Gasteiger partial charge in [0.25, 0.3) is 0 Å². The molecule has 0 heterocycles. The molecule has 152 valence electrons. The van der Waals surface area contributed by atoms with E-state index in [1.807, 2.05) is 44.2 Å². The number of esters is 2. The van der Waals surface area contributed by atoms with E-state index >= 15 is 0 Å². The summed E-state index contributed by atoms with van der Waals surface area (Å²) in [6.45, 7) is 7.89. The molecule has 1 aromatic rings. The fourth-order valence-corrected chi connectivity index (χ4v) is 4.68. The molecule has 0 aliphatic heterocycles. The third kappa shape index (κ3) is 4.61. The normalized spacial score (nSPS) is 20.6. The molecule has 0 bridgehead atoms. The Hall–Kier alpha value is -2.21. The number of aryl methyl sites for hydroxylation is 1. The van der Waals surface area contributed by atoms with Crippen LogP contribution in [0.3, 0.4) is 0 Å². The average Bonchev–Trinajstić information content (AvgIpc) is 3.08. The Labute approximate surface area is 169 Å². The van der Waals surface area contributed by atoms with Crippen LogP contribution in [0.4, 0.5) is 0 Å². The first-order valence-corrected chi connectivity index (χ1v) is 10.5. The predicted molar refractivity (Wildman–Crippen MR) is 109 cm³/mol. The SMILES string of the molecule is C=C(C)[C@@H]1CC(C(=O)OC)(C(=O)OC)C/C1=C/CCS(=O)c1ccc(C)cc1. The Kier molecular flexibility index (Phi) is 7.35. The Bertz CT molecular complexity index is 791. The van der Waals surface area contributed by atoms with Crippen LogP contribution in [0, 0.1) is 18.3 Å². The highest BCUT2D eigenvalue weighted by Crippen LogP contribution is 2.49. The van der Waals surface area contributed by atoms with Gasteiger partial charge in [-0.2, -0.15) is 0 Å². The smallest absolute Gasteiger partial charge is 0.323 e. The zero-order chi connectivity index (χ0) is 20.9. The molecule has 28 heavy (non-hydrogen) atoms. The summed E-state index contributed by atoms with van der Waals surface area (Å²) in [5, 5.41) is 0. The Balaban J connectivity index is 2.18. The second-order valence-electron chi connectivity index (χ2n) is 7.28. The van der Waals surface area contributed by atoms with Crippen LogP contribution in [-0.4, -0.2) is 36.1 Å². The van der Waals surface area contributed by atoms with Crippen LogP contribution in [0.5, 0.6) is 0 Å². The summed E-state index contributed by atoms with van der Waals surface area (Å²) in [5.41, 5.74) is 1.61. The van der Waals surface area contributed by atoms with E-state index in [1.165, 1.54) is 14.2 Å². The van der Waals surface area contributed by atoms with Crippen molar-refractivity contribution in [2.24, 2.45) is 11.3 Å². The van der Waals surface area contributed by atoms with Gasteiger partial charge in [0.05, 0.1) is 25.0 Å². The number of hydrogen-bond donors (Lipinski definition) is 0. The molecule has 1 fully saturated rings. The summed E-state index contributed by atoms with van der Waals surface area (Å²) in [6.07, 6.45) is 3.09. The van der Waals surface area contributed by atoms with Crippen LogP contribution < -0.4 is 0 Å². The quantitative estimate of drug-likeness (QED) is 0.393. The standard InChI is InChI=1S/C22H28O5S/c1-15(2)19-14-22(20(23)26-4,21(24)27-5)13-17(19)7-6-12-28(25)18-10-8-16(3)9-11-18/h7-11,19H,1,6,12-14H2,2-5H3/b17-7-/t19-,28?/m0/s1. The highest BCUT2D eigenvalue weighted by atomic mass is 32.2. The van der Waals surface area contributed by atoms with Gasteiger partial charge in [0, 0.05) is 16.6 Å². The van der Waals surface area contributed by atoms with E-state index in [9.17, 15) is 13.8 Å². The first-order chi connectivity index (χ1) is 13.2. The maximum absolute atomic E-state index is 12.5. The first kappa shape index (κ1) is 22.1. The molecule has 6 heteroatoms. The summed E-state index contributed by atoms with van der Waals surface area (Å²) < 4.78 is 22.3. The summed E-state index contributed by atoms with van der Waals surface area (Å²) in [4.78, 5) is 25.6. The minimum absolute atomic E-state index is 0.106. The summed E-state index contributed by atoms with van der Waals surface area (Å²) in [7, 11) is 1.44. The van der Waals surface area contributed by atoms with E-state index in [-0.39, 0.29) is 18.8 Å². The molecule has 1 aromatic carbocycles. The minimum atomic E-state index is -1.34. The second kappa shape index (κ2) is 9.32. The predicted octanol–water partition coefficient (Wildman–Crippen LogP) is 3.74. The number of hydrogen-bond acceptors (Lipinski definition) is 5. The molecule has 0 spiro atoms. The van der Waals surface area contributed by atoms with E-state index in [4.69, 9.17) is 9.47 Å². The Morgan fingerprint density at radius 3 is 2.29 bits per heavy atom. The van der Waals surface area contributed by atoms with Gasteiger partial charge in [-0.15, -0.1) is 0 Å². The number of carbonyl (C=O) groups excluding carboxylic acids is 2. The van der Waals surface area contributed by atoms with E-state index < -0.39 is 28.2 Å². The highest BCUT2D eigenvalue weighted by molar-refractivity contribution is 7.85. The largest absolute Gasteiger partial charge is 0.468 e. The average molecular weight is 405 g/mol. The van der Waals surface area contributed by atoms with Gasteiger partial charge in [0.1, 0.15) is 0 Å². The van der Waals surface area contributed by atoms with Gasteiger partial charge in [-0.05, 0) is 45.2 Å². The van der Waals surface area contributed by atoms with Gasteiger partial charge in [0.15, 0.2) is 5.41 Å². The van der Waals surface area contributed by atoms with Crippen molar-refractivity contribution in [1.29, 1.82) is 0 Å². The maximum Gasteiger partial charge on any atom is 0.323 e. The molecular weight excluding hydrogens is 376 g/mol. The number of methoxy groups -OCH3 is 2. The Morgan fingerprint density at radius 1 is 1.21 bits per heavy atom. The van der Waals surface area contributed by atoms with Crippen molar-refractivity contribution < 1.29 is 23.3 Å². The van der Waals surface area contributed by atoms with Crippen molar-refractivity contribution in [2.45, 2.75) is 38.0 Å². The molecule has 1 aliphatic rings. The second-order valence-corrected chi connectivity index (χ2v) is 8.85. The lowest BCUT2D eigenvalue weighted by Gasteiger charge is -2.22. The van der Waals surface area contributed by atoms with Crippen molar-refractivity contribution in [1.82, 2.24) is 0 Å². The van der Waals surface area contributed by atoms with Crippen LogP contribution in [-0.2, 0) is 29.9 Å². The van der Waals surface area contributed by atoms with Crippen LogP contribution in [0.15, 0.2) is 53.0 Å². The molecule has 0 saturated heterocycles. The zero-order valence-electron chi connectivity index (χ0n) is 16.9. The van der Waals surface area contributed by atoms with Gasteiger partial charge in [-0.25, -0.2) is 0 Å². The zero-order valence-corrected chi connectivity index (χ0v) is 17.8. The van der Waals surface area contributed by atoms with Gasteiger partial charge >= 0.3 is 11.9 Å². The minimum Gasteiger partial charge on any atom is -0.468 e. The molecule has 1 saturated carbocycles. The van der Waals surface area contributed by atoms with Crippen LogP contribution in [0.25, 0.3) is 0 Å². The fourth-order valence-electron chi connectivity index (χ4n) is 3.67. The van der Waals surface area contributed by atoms with E-state index in [0.29, 0.717) is 12.2 Å². The molecule has 5 nitrogen and oxygen atoms in total. The number of rotatable bonds is 7. The first-order valence-electron chi connectivity index (χ1n) is 9.21. The van der Waals surface area contributed by atoms with Gasteiger partial charge in [-0.3, -0.25) is 13.8 Å². The van der Waals surface area contributed by atoms with Crippen molar-refractivity contribution >= 4 is 22.7 Å². The molecule has 2 atom stereocenters. The summed E-state index contributed by atoms with van der Waals surface area (Å²) in [5.74, 6) is -0.806. The molecule has 0 N–H and O–H groups in total. The molecule has 0 aromatic heterocycles. The number of allylic oxidation sites excluding steroid dienone is 3. The third-order valence-corrected chi connectivity index (χ3v) is 6.65. The molecule has 2 rings (SSSR count). The molecule has 0 amide bonds. The molecular formula is C22H28O5S. The number of ether oxygens (including phenoxy) is 2. The van der Waals surface area contributed by atoms with Crippen LogP contribution >= 0.6 is 0 Å². The van der Waals surface area contributed by atoms with Gasteiger partial charge in [0.2, 0.25) is 0 Å². The monoisotopic (exact) mass is 404 g/mol. The maximum atomic E-state index is 12.5. The molecule has 1 aliphatic carbocycles. The van der Waals surface area contributed by atoms with Gasteiger partial charge < -0.3 is 9.47 Å². The molecule has 1 unspecified atom stereocenters. The topological polar surface area (TPSA) is 69.7 Å². The number of carbonyl (C=O) groups is 2. The van der Waals surface area contributed by atoms with E-state index in [2.05, 4.69) is 6.58 Å². The summed E-state index contributed by atoms with van der Waals surface area (Å²) >= 11 is 0. The van der Waals surface area contributed by atoms with Crippen LogP contribution in [0.2, 0.25) is 0 Å². The highest BCUT2D eigenvalue weighted by Gasteiger charge is 2.55. The van der Waals surface area contributed by atoms with Crippen molar-refractivity contribution in [2.75, 3.05) is 20.0 Å². The van der Waals surface area contributed by atoms with Gasteiger partial charge in [-0.1, -0.05) is 41.5 Å². The summed E-state index contributed by atoms with van der Waals surface area (Å²) in [6, 6.07) is 7.65. The van der Waals surface area contributed by atoms with Crippen molar-refractivity contribution in [3.63, 3.8) is 0 Å². The number of benzene rings is 1. The van der Waals surface area contributed by atoms with Crippen LogP contribution in [0.1, 0.15) is 31.7 Å². The van der Waals surface area contributed by atoms with E-state index in [1.54, 1.807) is 0 Å². The van der Waals surface area contributed by atoms with E-state index in [0.717, 1.165) is 21.6 Å². The lowest BCUT2D eigenvalue weighted by atomic mass is 9.84. The lowest BCUT2D eigenvalue weighted by molar-refractivity contribution is -0.168. The van der Waals surface area contributed by atoms with Crippen molar-refractivity contribution in [3.05, 3.63) is 53.6 Å². The third-order valence-electron chi connectivity index (χ3n) is 5.25. The fraction of sp³-hybridized carbons (Fsp3) is 0.455. The molecule has 0 radical (unpaired) electrons. The Morgan fingerprint density at radius 2 is 1.79 bits per heavy atom. The van der Waals surface area contributed by atoms with Crippen molar-refractivity contribution in [3.8, 4) is 0 Å².